The second kappa shape index (κ2) is 10.7. The maximum atomic E-state index is 13.5. The minimum atomic E-state index is -1.23. The summed E-state index contributed by atoms with van der Waals surface area (Å²) in [5.41, 5.74) is 3.66. The number of carboxylic acids is 1. The number of benzene rings is 2. The Balaban J connectivity index is 1.89. The molecule has 1 aliphatic heterocycles. The van der Waals surface area contributed by atoms with E-state index in [4.69, 9.17) is 5.11 Å². The molecule has 1 heterocycles. The minimum absolute atomic E-state index is 0.349. The summed E-state index contributed by atoms with van der Waals surface area (Å²) in [5, 5.41) is 14.1. The SMILES string of the molecule is Cc1cc(C)c2c(c1)CC[C@H](NC(=O)c1ccccc1)C(=O)N2CC(=O)N[C@H](C=O)CC(=O)O. The topological polar surface area (TPSA) is 133 Å². The predicted octanol–water partition coefficient (Wildman–Crippen LogP) is 1.54. The molecule has 0 fully saturated rings. The van der Waals surface area contributed by atoms with Crippen molar-refractivity contribution in [1.82, 2.24) is 10.6 Å². The molecular weight excluding hydrogens is 438 g/mol. The Kier molecular flexibility index (Phi) is 7.78. The van der Waals surface area contributed by atoms with Crippen LogP contribution < -0.4 is 15.5 Å². The lowest BCUT2D eigenvalue weighted by molar-refractivity contribution is -0.138. The summed E-state index contributed by atoms with van der Waals surface area (Å²) in [6.07, 6.45) is 0.647. The quantitative estimate of drug-likeness (QED) is 0.507. The number of aldehydes is 1. The third-order valence-corrected chi connectivity index (χ3v) is 5.61. The first-order chi connectivity index (χ1) is 16.2. The van der Waals surface area contributed by atoms with E-state index >= 15 is 0 Å². The van der Waals surface area contributed by atoms with E-state index in [1.807, 2.05) is 26.0 Å². The van der Waals surface area contributed by atoms with Crippen LogP contribution in [0.15, 0.2) is 42.5 Å². The number of aryl methyl sites for hydroxylation is 3. The second-order valence-corrected chi connectivity index (χ2v) is 8.35. The molecule has 0 aromatic heterocycles. The van der Waals surface area contributed by atoms with Crippen LogP contribution in [0.3, 0.4) is 0 Å². The number of hydrogen-bond acceptors (Lipinski definition) is 5. The highest BCUT2D eigenvalue weighted by Crippen LogP contribution is 2.32. The van der Waals surface area contributed by atoms with Gasteiger partial charge in [0.1, 0.15) is 18.9 Å². The Bertz CT molecular complexity index is 1120. The fourth-order valence-electron chi connectivity index (χ4n) is 4.19. The molecule has 0 spiro atoms. The summed E-state index contributed by atoms with van der Waals surface area (Å²) in [6.45, 7) is 3.36. The van der Waals surface area contributed by atoms with Gasteiger partial charge >= 0.3 is 5.97 Å². The van der Waals surface area contributed by atoms with Gasteiger partial charge in [-0.1, -0.05) is 35.9 Å². The van der Waals surface area contributed by atoms with Gasteiger partial charge in [-0.3, -0.25) is 19.2 Å². The number of rotatable bonds is 8. The Labute approximate surface area is 197 Å². The number of nitrogens with zero attached hydrogens (tertiary/aromatic N) is 1. The average Bonchev–Trinajstić information content (AvgIpc) is 2.91. The van der Waals surface area contributed by atoms with Crippen molar-refractivity contribution in [2.24, 2.45) is 0 Å². The first kappa shape index (κ1) is 24.6. The molecule has 3 amide bonds. The first-order valence-electron chi connectivity index (χ1n) is 10.9. The van der Waals surface area contributed by atoms with Crippen LogP contribution in [0.25, 0.3) is 0 Å². The number of anilines is 1. The smallest absolute Gasteiger partial charge is 0.305 e. The summed E-state index contributed by atoms with van der Waals surface area (Å²) in [5.74, 6) is -2.76. The van der Waals surface area contributed by atoms with Crippen LogP contribution in [0, 0.1) is 13.8 Å². The molecule has 3 N–H and O–H groups in total. The molecule has 9 nitrogen and oxygen atoms in total. The molecule has 3 rings (SSSR count). The highest BCUT2D eigenvalue weighted by Gasteiger charge is 2.34. The summed E-state index contributed by atoms with van der Waals surface area (Å²) in [6, 6.07) is 10.3. The first-order valence-corrected chi connectivity index (χ1v) is 10.9. The molecule has 178 valence electrons. The summed E-state index contributed by atoms with van der Waals surface area (Å²) < 4.78 is 0. The van der Waals surface area contributed by atoms with E-state index in [1.165, 1.54) is 4.90 Å². The molecule has 0 radical (unpaired) electrons. The van der Waals surface area contributed by atoms with Gasteiger partial charge in [0, 0.05) is 5.56 Å². The largest absolute Gasteiger partial charge is 0.481 e. The number of hydrogen-bond donors (Lipinski definition) is 3. The van der Waals surface area contributed by atoms with E-state index in [9.17, 15) is 24.0 Å². The van der Waals surface area contributed by atoms with Crippen LogP contribution in [0.4, 0.5) is 5.69 Å². The lowest BCUT2D eigenvalue weighted by Gasteiger charge is -2.28. The van der Waals surface area contributed by atoms with Crippen LogP contribution in [0.2, 0.25) is 0 Å². The van der Waals surface area contributed by atoms with Gasteiger partial charge in [0.2, 0.25) is 11.8 Å². The van der Waals surface area contributed by atoms with Gasteiger partial charge in [-0.2, -0.15) is 0 Å². The Morgan fingerprint density at radius 3 is 2.53 bits per heavy atom. The van der Waals surface area contributed by atoms with Crippen molar-refractivity contribution in [3.63, 3.8) is 0 Å². The number of nitrogens with one attached hydrogen (secondary N) is 2. The molecule has 1 aliphatic rings. The van der Waals surface area contributed by atoms with Crippen LogP contribution in [0.1, 0.15) is 39.9 Å². The highest BCUT2D eigenvalue weighted by molar-refractivity contribution is 6.06. The van der Waals surface area contributed by atoms with Crippen molar-refractivity contribution < 1.29 is 29.1 Å². The molecule has 9 heteroatoms. The zero-order chi connectivity index (χ0) is 24.8. The molecule has 2 aromatic carbocycles. The maximum absolute atomic E-state index is 13.5. The predicted molar refractivity (Wildman–Crippen MR) is 125 cm³/mol. The number of carboxylic acid groups (broad SMARTS) is 1. The fourth-order valence-corrected chi connectivity index (χ4v) is 4.19. The highest BCUT2D eigenvalue weighted by atomic mass is 16.4. The van der Waals surface area contributed by atoms with Gasteiger partial charge in [-0.25, -0.2) is 0 Å². The van der Waals surface area contributed by atoms with Gasteiger partial charge in [0.05, 0.1) is 18.2 Å². The molecule has 0 saturated carbocycles. The Morgan fingerprint density at radius 1 is 1.18 bits per heavy atom. The molecule has 0 unspecified atom stereocenters. The zero-order valence-electron chi connectivity index (χ0n) is 19.0. The van der Waals surface area contributed by atoms with Crippen molar-refractivity contribution >= 4 is 35.7 Å². The van der Waals surface area contributed by atoms with Crippen LogP contribution in [-0.4, -0.2) is 53.7 Å². The number of amides is 3. The molecular formula is C25H27N3O6. The third kappa shape index (κ3) is 5.86. The lowest BCUT2D eigenvalue weighted by atomic mass is 10.00. The van der Waals surface area contributed by atoms with Crippen LogP contribution >= 0.6 is 0 Å². The van der Waals surface area contributed by atoms with Crippen molar-refractivity contribution in [2.45, 2.75) is 45.2 Å². The lowest BCUT2D eigenvalue weighted by Crippen LogP contribution is -2.52. The Hall–Kier alpha value is -4.01. The van der Waals surface area contributed by atoms with E-state index in [0.717, 1.165) is 16.7 Å². The molecule has 2 aromatic rings. The monoisotopic (exact) mass is 465 g/mol. The summed E-state index contributed by atoms with van der Waals surface area (Å²) in [7, 11) is 0. The molecule has 34 heavy (non-hydrogen) atoms. The fraction of sp³-hybridized carbons (Fsp3) is 0.320. The Morgan fingerprint density at radius 2 is 1.88 bits per heavy atom. The van der Waals surface area contributed by atoms with E-state index in [-0.39, 0.29) is 0 Å². The standard InChI is InChI=1S/C25H27N3O6/c1-15-10-16(2)23-18(11-15)8-9-20(27-24(33)17-6-4-3-5-7-17)25(34)28(23)13-21(30)26-19(14-29)12-22(31)32/h3-7,10-11,14,19-20H,8-9,12-13H2,1-2H3,(H,26,30)(H,27,33)(H,31,32)/t19-,20-/m0/s1. The van der Waals surface area contributed by atoms with Crippen molar-refractivity contribution in [2.75, 3.05) is 11.4 Å². The van der Waals surface area contributed by atoms with Gasteiger partial charge < -0.3 is 25.4 Å². The number of fused-ring (bicyclic) bond motifs is 1. The van der Waals surface area contributed by atoms with Crippen molar-refractivity contribution in [1.29, 1.82) is 0 Å². The summed E-state index contributed by atoms with van der Waals surface area (Å²) >= 11 is 0. The van der Waals surface area contributed by atoms with Crippen LogP contribution in [-0.2, 0) is 25.6 Å². The van der Waals surface area contributed by atoms with Gasteiger partial charge in [-0.05, 0) is 49.9 Å². The van der Waals surface area contributed by atoms with E-state index in [1.54, 1.807) is 30.3 Å². The van der Waals surface area contributed by atoms with Gasteiger partial charge in [0.15, 0.2) is 0 Å². The van der Waals surface area contributed by atoms with Crippen LogP contribution in [0.5, 0.6) is 0 Å². The van der Waals surface area contributed by atoms with Crippen molar-refractivity contribution in [3.8, 4) is 0 Å². The zero-order valence-corrected chi connectivity index (χ0v) is 19.0. The average molecular weight is 466 g/mol. The van der Waals surface area contributed by atoms with E-state index in [0.29, 0.717) is 30.4 Å². The normalized spacial score (nSPS) is 16.1. The molecule has 0 saturated heterocycles. The van der Waals surface area contributed by atoms with E-state index < -0.39 is 48.7 Å². The van der Waals surface area contributed by atoms with Crippen molar-refractivity contribution in [3.05, 3.63) is 64.7 Å². The molecule has 0 aliphatic carbocycles. The summed E-state index contributed by atoms with van der Waals surface area (Å²) in [4.78, 5) is 62.4. The second-order valence-electron chi connectivity index (χ2n) is 8.35. The number of aliphatic carboxylic acids is 1. The van der Waals surface area contributed by atoms with Gasteiger partial charge in [0.25, 0.3) is 5.91 Å². The third-order valence-electron chi connectivity index (χ3n) is 5.61. The number of carbonyl (C=O) groups is 5. The number of carbonyl (C=O) groups excluding carboxylic acids is 4. The van der Waals surface area contributed by atoms with E-state index in [2.05, 4.69) is 10.6 Å². The molecule has 2 atom stereocenters. The van der Waals surface area contributed by atoms with Gasteiger partial charge in [-0.15, -0.1) is 0 Å². The maximum Gasteiger partial charge on any atom is 0.305 e. The molecule has 0 bridgehead atoms. The minimum Gasteiger partial charge on any atom is -0.481 e.